The highest BCUT2D eigenvalue weighted by atomic mass is 14.3. The Morgan fingerprint density at radius 3 is 2.08 bits per heavy atom. The maximum Gasteiger partial charge on any atom is 0.0355 e. The number of hydrogen-bond acceptors (Lipinski definition) is 0. The van der Waals surface area contributed by atoms with Gasteiger partial charge in [-0.3, -0.25) is 0 Å². The van der Waals surface area contributed by atoms with E-state index in [9.17, 15) is 0 Å². The average molecular weight is 163 g/mol. The van der Waals surface area contributed by atoms with Gasteiger partial charge in [0.2, 0.25) is 0 Å². The summed E-state index contributed by atoms with van der Waals surface area (Å²) < 4.78 is 8.32. The molecule has 0 fully saturated rings. The highest BCUT2D eigenvalue weighted by Gasteiger charge is 2.20. The van der Waals surface area contributed by atoms with Crippen molar-refractivity contribution in [3.05, 3.63) is 35.9 Å². The Labute approximate surface area is 77.0 Å². The molecule has 1 aromatic carbocycles. The molecule has 1 atom stereocenters. The van der Waals surface area contributed by atoms with Gasteiger partial charge in [0.15, 0.2) is 0 Å². The molecule has 0 spiro atoms. The molecule has 0 saturated heterocycles. The van der Waals surface area contributed by atoms with Gasteiger partial charge in [-0.1, -0.05) is 58.0 Å². The monoisotopic (exact) mass is 163 g/mol. The van der Waals surface area contributed by atoms with Crippen molar-refractivity contribution in [1.82, 2.24) is 0 Å². The van der Waals surface area contributed by atoms with Gasteiger partial charge in [0.05, 0.1) is 0 Å². The van der Waals surface area contributed by atoms with Crippen molar-refractivity contribution in [2.45, 2.75) is 33.6 Å². The van der Waals surface area contributed by atoms with Crippen LogP contribution in [-0.4, -0.2) is 0 Å². The Morgan fingerprint density at radius 2 is 1.67 bits per heavy atom. The summed E-state index contributed by atoms with van der Waals surface area (Å²) in [7, 11) is 0. The SMILES string of the molecule is [2H]C(C)(c1ccccc1)C(C)(C)C. The van der Waals surface area contributed by atoms with Gasteiger partial charge >= 0.3 is 0 Å². The molecule has 0 aliphatic carbocycles. The van der Waals surface area contributed by atoms with Gasteiger partial charge in [-0.2, -0.15) is 0 Å². The standard InChI is InChI=1S/C12H18/c1-10(12(2,3)4)11-8-6-5-7-9-11/h5-10H,1-4H3/i10D. The van der Waals surface area contributed by atoms with Crippen LogP contribution < -0.4 is 0 Å². The minimum Gasteiger partial charge on any atom is -0.0622 e. The lowest BCUT2D eigenvalue weighted by Gasteiger charge is -2.27. The van der Waals surface area contributed by atoms with Crippen molar-refractivity contribution in [2.24, 2.45) is 5.41 Å². The molecule has 12 heavy (non-hydrogen) atoms. The quantitative estimate of drug-likeness (QED) is 0.590. The third kappa shape index (κ3) is 2.10. The van der Waals surface area contributed by atoms with Crippen molar-refractivity contribution in [2.75, 3.05) is 0 Å². The van der Waals surface area contributed by atoms with Crippen molar-refractivity contribution in [1.29, 1.82) is 0 Å². The van der Waals surface area contributed by atoms with E-state index in [2.05, 4.69) is 20.8 Å². The normalized spacial score (nSPS) is 18.2. The highest BCUT2D eigenvalue weighted by Crippen LogP contribution is 2.33. The van der Waals surface area contributed by atoms with E-state index in [1.165, 1.54) is 0 Å². The summed E-state index contributed by atoms with van der Waals surface area (Å²) in [5.74, 6) is -0.520. The number of rotatable bonds is 1. The van der Waals surface area contributed by atoms with Crippen molar-refractivity contribution >= 4 is 0 Å². The molecule has 0 saturated carbocycles. The fourth-order valence-electron chi connectivity index (χ4n) is 1.12. The zero-order valence-corrected chi connectivity index (χ0v) is 8.39. The molecular formula is C12H18. The van der Waals surface area contributed by atoms with Crippen LogP contribution in [0.3, 0.4) is 0 Å². The number of benzene rings is 1. The summed E-state index contributed by atoms with van der Waals surface area (Å²) in [6.45, 7) is 8.29. The summed E-state index contributed by atoms with van der Waals surface area (Å²) in [6.07, 6.45) is 0. The van der Waals surface area contributed by atoms with Crippen LogP contribution in [0.4, 0.5) is 0 Å². The lowest BCUT2D eigenvalue weighted by Crippen LogP contribution is -2.14. The zero-order chi connectivity index (χ0) is 10.1. The minimum absolute atomic E-state index is 0.0334. The zero-order valence-electron chi connectivity index (χ0n) is 9.39. The maximum atomic E-state index is 8.32. The van der Waals surface area contributed by atoms with E-state index in [1.54, 1.807) is 0 Å². The Bertz CT molecular complexity index is 267. The second-order valence-electron chi connectivity index (χ2n) is 4.24. The van der Waals surface area contributed by atoms with Crippen molar-refractivity contribution in [3.63, 3.8) is 0 Å². The minimum atomic E-state index is -0.520. The first-order valence-corrected chi connectivity index (χ1v) is 4.41. The van der Waals surface area contributed by atoms with Crippen LogP contribution in [0.2, 0.25) is 0 Å². The van der Waals surface area contributed by atoms with Crippen LogP contribution >= 0.6 is 0 Å². The summed E-state index contributed by atoms with van der Waals surface area (Å²) >= 11 is 0. The van der Waals surface area contributed by atoms with Gasteiger partial charge in [-0.05, 0) is 16.9 Å². The van der Waals surface area contributed by atoms with E-state index in [-0.39, 0.29) is 5.41 Å². The van der Waals surface area contributed by atoms with Crippen LogP contribution in [0.5, 0.6) is 0 Å². The molecule has 0 aromatic heterocycles. The third-order valence-corrected chi connectivity index (χ3v) is 2.33. The molecule has 66 valence electrons. The molecule has 0 aliphatic rings. The molecule has 1 aromatic rings. The molecule has 1 rings (SSSR count). The summed E-state index contributed by atoms with van der Waals surface area (Å²) in [5, 5.41) is 0. The Balaban J connectivity index is 3.08. The first-order valence-electron chi connectivity index (χ1n) is 4.91. The lowest BCUT2D eigenvalue weighted by atomic mass is 9.78. The molecule has 0 radical (unpaired) electrons. The summed E-state index contributed by atoms with van der Waals surface area (Å²) in [5.41, 5.74) is 1.05. The van der Waals surface area contributed by atoms with Gasteiger partial charge < -0.3 is 0 Å². The van der Waals surface area contributed by atoms with E-state index in [1.807, 2.05) is 37.3 Å². The van der Waals surface area contributed by atoms with Crippen LogP contribution in [-0.2, 0) is 0 Å². The molecule has 0 heteroatoms. The van der Waals surface area contributed by atoms with E-state index >= 15 is 0 Å². The number of hydrogen-bond donors (Lipinski definition) is 0. The van der Waals surface area contributed by atoms with Gasteiger partial charge in [0.1, 0.15) is 0 Å². The third-order valence-electron chi connectivity index (χ3n) is 2.33. The lowest BCUT2D eigenvalue weighted by molar-refractivity contribution is 0.339. The molecule has 0 amide bonds. The highest BCUT2D eigenvalue weighted by molar-refractivity contribution is 5.20. The van der Waals surface area contributed by atoms with E-state index in [4.69, 9.17) is 1.37 Å². The Kier molecular flexibility index (Phi) is 2.16. The maximum absolute atomic E-state index is 8.32. The summed E-state index contributed by atoms with van der Waals surface area (Å²) in [4.78, 5) is 0. The predicted octanol–water partition coefficient (Wildman–Crippen LogP) is 3.84. The molecular weight excluding hydrogens is 144 g/mol. The molecule has 0 nitrogen and oxygen atoms in total. The fraction of sp³-hybridized carbons (Fsp3) is 0.500. The summed E-state index contributed by atoms with van der Waals surface area (Å²) in [6, 6.07) is 10.0. The van der Waals surface area contributed by atoms with Crippen LogP contribution in [0, 0.1) is 5.41 Å². The van der Waals surface area contributed by atoms with E-state index in [0.717, 1.165) is 5.56 Å². The average Bonchev–Trinajstić information content (AvgIpc) is 2.04. The van der Waals surface area contributed by atoms with Crippen LogP contribution in [0.1, 0.15) is 40.5 Å². The fourth-order valence-corrected chi connectivity index (χ4v) is 1.12. The predicted molar refractivity (Wildman–Crippen MR) is 54.3 cm³/mol. The van der Waals surface area contributed by atoms with Gasteiger partial charge in [-0.15, -0.1) is 0 Å². The molecule has 0 bridgehead atoms. The second-order valence-corrected chi connectivity index (χ2v) is 4.24. The van der Waals surface area contributed by atoms with Crippen molar-refractivity contribution in [3.8, 4) is 0 Å². The largest absolute Gasteiger partial charge is 0.0622 e. The smallest absolute Gasteiger partial charge is 0.0355 e. The van der Waals surface area contributed by atoms with Crippen LogP contribution in [0.25, 0.3) is 0 Å². The van der Waals surface area contributed by atoms with Crippen LogP contribution in [0.15, 0.2) is 30.3 Å². The molecule has 0 aliphatic heterocycles. The van der Waals surface area contributed by atoms with Crippen molar-refractivity contribution < 1.29 is 1.37 Å². The van der Waals surface area contributed by atoms with E-state index in [0.29, 0.717) is 0 Å². The molecule has 1 unspecified atom stereocenters. The topological polar surface area (TPSA) is 0 Å². The first kappa shape index (κ1) is 7.85. The molecule has 0 N–H and O–H groups in total. The van der Waals surface area contributed by atoms with E-state index < -0.39 is 5.89 Å². The first-order chi connectivity index (χ1) is 5.86. The van der Waals surface area contributed by atoms with Gasteiger partial charge in [0, 0.05) is 1.37 Å². The Hall–Kier alpha value is -0.780. The molecule has 0 heterocycles. The Morgan fingerprint density at radius 1 is 1.17 bits per heavy atom. The second kappa shape index (κ2) is 3.30. The van der Waals surface area contributed by atoms with Gasteiger partial charge in [0.25, 0.3) is 0 Å². The van der Waals surface area contributed by atoms with Gasteiger partial charge in [-0.25, -0.2) is 0 Å².